The summed E-state index contributed by atoms with van der Waals surface area (Å²) < 4.78 is 1.14. The van der Waals surface area contributed by atoms with Crippen molar-refractivity contribution in [2.45, 2.75) is 6.10 Å². The zero-order valence-electron chi connectivity index (χ0n) is 28.8. The summed E-state index contributed by atoms with van der Waals surface area (Å²) in [5.74, 6) is -4.54. The van der Waals surface area contributed by atoms with Crippen LogP contribution in [-0.2, 0) is 9.59 Å². The molecule has 11 N–H and O–H groups in total. The SMILES string of the molecule is O=C(CO)Nc1c(I)c(C(=O)NCC(O)CNC(=O)c2c(I)c(NC(=O)CO)c(I)c(C(=O)N(CCO)CCO)c2I)c(I)c(C(=O)N(CCO)CCO)c1I. The zero-order chi connectivity index (χ0) is 42.4. The van der Waals surface area contributed by atoms with Crippen molar-refractivity contribution in [3.05, 3.63) is 43.7 Å². The van der Waals surface area contributed by atoms with Crippen LogP contribution in [0.2, 0.25) is 0 Å². The van der Waals surface area contributed by atoms with E-state index in [-0.39, 0.29) is 81.2 Å². The summed E-state index contributed by atoms with van der Waals surface area (Å²) in [5.41, 5.74) is -0.0906. The van der Waals surface area contributed by atoms with Crippen molar-refractivity contribution in [1.82, 2.24) is 20.4 Å². The maximum Gasteiger partial charge on any atom is 0.256 e. The summed E-state index contributed by atoms with van der Waals surface area (Å²) >= 11 is 10.8. The molecule has 0 aliphatic carbocycles. The third-order valence-corrected chi connectivity index (χ3v) is 13.9. The second kappa shape index (κ2) is 25.2. The van der Waals surface area contributed by atoms with E-state index in [9.17, 15) is 64.5 Å². The largest absolute Gasteiger partial charge is 0.395 e. The Hall–Kier alpha value is -0.640. The molecule has 0 spiro atoms. The molecule has 310 valence electrons. The molecule has 0 bridgehead atoms. The number of hydrogen-bond donors (Lipinski definition) is 11. The van der Waals surface area contributed by atoms with Gasteiger partial charge in [-0.15, -0.1) is 0 Å². The fourth-order valence-corrected chi connectivity index (χ4v) is 13.6. The van der Waals surface area contributed by atoms with Gasteiger partial charge in [-0.05, 0) is 136 Å². The van der Waals surface area contributed by atoms with E-state index in [2.05, 4.69) is 21.3 Å². The van der Waals surface area contributed by atoms with Crippen LogP contribution in [0.3, 0.4) is 0 Å². The molecular weight excluding hydrogens is 1430 g/mol. The number of aliphatic hydroxyl groups is 7. The first kappa shape index (κ1) is 51.5. The van der Waals surface area contributed by atoms with Gasteiger partial charge in [0.2, 0.25) is 11.8 Å². The average molecular weight is 1460 g/mol. The van der Waals surface area contributed by atoms with E-state index in [4.69, 9.17) is 0 Å². The van der Waals surface area contributed by atoms with E-state index in [0.717, 1.165) is 9.80 Å². The van der Waals surface area contributed by atoms with Gasteiger partial charge in [-0.25, -0.2) is 0 Å². The molecule has 0 unspecified atom stereocenters. The van der Waals surface area contributed by atoms with Crippen LogP contribution in [0.5, 0.6) is 0 Å². The molecule has 0 atom stereocenters. The van der Waals surface area contributed by atoms with Crippen molar-refractivity contribution in [3.63, 3.8) is 0 Å². The molecule has 19 nitrogen and oxygen atoms in total. The van der Waals surface area contributed by atoms with Crippen LogP contribution < -0.4 is 21.3 Å². The lowest BCUT2D eigenvalue weighted by Crippen LogP contribution is -2.41. The molecule has 2 rings (SSSR count). The summed E-state index contributed by atoms with van der Waals surface area (Å²) in [4.78, 5) is 81.4. The van der Waals surface area contributed by atoms with Crippen molar-refractivity contribution in [3.8, 4) is 0 Å². The third kappa shape index (κ3) is 13.2. The Morgan fingerprint density at radius 3 is 1.04 bits per heavy atom. The Kier molecular flexibility index (Phi) is 23.2. The summed E-state index contributed by atoms with van der Waals surface area (Å²) in [6.45, 7) is -4.91. The smallest absolute Gasteiger partial charge is 0.256 e. The minimum atomic E-state index is -1.40. The number of rotatable bonds is 20. The Morgan fingerprint density at radius 1 is 0.482 bits per heavy atom. The highest BCUT2D eigenvalue weighted by atomic mass is 127. The lowest BCUT2D eigenvalue weighted by molar-refractivity contribution is -0.119. The molecule has 25 heteroatoms. The first-order valence-corrected chi connectivity index (χ1v) is 22.4. The van der Waals surface area contributed by atoms with Crippen molar-refractivity contribution in [2.75, 3.05) is 89.5 Å². The normalized spacial score (nSPS) is 11.0. The number of aliphatic hydroxyl groups excluding tert-OH is 7. The number of nitrogens with zero attached hydrogens (tertiary/aromatic N) is 2. The van der Waals surface area contributed by atoms with Crippen LogP contribution in [0, 0.1) is 21.4 Å². The quantitative estimate of drug-likeness (QED) is 0.0751. The number of carbonyl (C=O) groups is 6. The standard InChI is InChI=1S/C31H36I6N6O13/c32-20-16(22(34)26(40-14(51)11-48)24(36)18(20)30(55)42(1-5-44)2-6-45)28(53)38-9-13(50)10-39-29(54)17-21(33)19(31(56)43(3-7-46)4-8-47)25(37)27(23(17)35)41-15(52)12-49/h13,44-50H,1-12H2,(H,38,53)(H,39,54)(H,40,51)(H,41,52). The predicted octanol–water partition coefficient (Wildman–Crippen LogP) is -0.450. The van der Waals surface area contributed by atoms with Crippen LogP contribution in [0.15, 0.2) is 0 Å². The van der Waals surface area contributed by atoms with Gasteiger partial charge in [0, 0.05) is 46.4 Å². The number of nitrogens with one attached hydrogen (secondary N) is 4. The number of amides is 6. The van der Waals surface area contributed by atoms with Gasteiger partial charge in [0.25, 0.3) is 23.6 Å². The lowest BCUT2D eigenvalue weighted by atomic mass is 10.1. The minimum absolute atomic E-state index is 0.0234. The highest BCUT2D eigenvalue weighted by molar-refractivity contribution is 14.1. The second-order valence-electron chi connectivity index (χ2n) is 11.1. The highest BCUT2D eigenvalue weighted by Gasteiger charge is 2.33. The van der Waals surface area contributed by atoms with Gasteiger partial charge in [0.05, 0.1) is 80.4 Å². The molecule has 0 heterocycles. The van der Waals surface area contributed by atoms with Crippen LogP contribution in [-0.4, -0.2) is 166 Å². The van der Waals surface area contributed by atoms with Gasteiger partial charge < -0.3 is 66.8 Å². The third-order valence-electron chi connectivity index (χ3n) is 7.38. The van der Waals surface area contributed by atoms with Gasteiger partial charge in [-0.3, -0.25) is 28.8 Å². The van der Waals surface area contributed by atoms with E-state index >= 15 is 0 Å². The molecule has 2 aromatic rings. The maximum absolute atomic E-state index is 13.7. The summed E-state index contributed by atoms with van der Waals surface area (Å²) in [7, 11) is 0. The molecule has 0 saturated heterocycles. The Labute approximate surface area is 401 Å². The number of carbonyl (C=O) groups excluding carboxylic acids is 6. The van der Waals surface area contributed by atoms with E-state index in [0.29, 0.717) is 0 Å². The maximum atomic E-state index is 13.7. The van der Waals surface area contributed by atoms with Gasteiger partial charge in [-0.2, -0.15) is 0 Å². The summed E-state index contributed by atoms with van der Waals surface area (Å²) in [5, 5.41) is 77.7. The molecule has 6 amide bonds. The molecular formula is C31H36I6N6O13. The zero-order valence-corrected chi connectivity index (χ0v) is 41.7. The van der Waals surface area contributed by atoms with Gasteiger partial charge in [0.15, 0.2) is 0 Å². The number of benzene rings is 2. The molecule has 0 saturated carbocycles. The van der Waals surface area contributed by atoms with Crippen molar-refractivity contribution in [2.24, 2.45) is 0 Å². The summed E-state index contributed by atoms with van der Waals surface area (Å²) in [6, 6.07) is 0. The van der Waals surface area contributed by atoms with Crippen molar-refractivity contribution in [1.29, 1.82) is 0 Å². The fraction of sp³-hybridized carbons (Fsp3) is 0.419. The van der Waals surface area contributed by atoms with E-state index in [1.807, 2.05) is 45.2 Å². The van der Waals surface area contributed by atoms with Crippen LogP contribution in [0.25, 0.3) is 0 Å². The molecule has 0 aromatic heterocycles. The highest BCUT2D eigenvalue weighted by Crippen LogP contribution is 2.38. The Bertz CT molecular complexity index is 1680. The summed E-state index contributed by atoms with van der Waals surface area (Å²) in [6.07, 6.45) is -1.40. The van der Waals surface area contributed by atoms with Gasteiger partial charge >= 0.3 is 0 Å². The molecule has 0 fully saturated rings. The minimum Gasteiger partial charge on any atom is -0.395 e. The van der Waals surface area contributed by atoms with Gasteiger partial charge in [0.1, 0.15) is 13.2 Å². The second-order valence-corrected chi connectivity index (χ2v) is 17.6. The molecule has 2 aromatic carbocycles. The number of hydrogen-bond acceptors (Lipinski definition) is 13. The van der Waals surface area contributed by atoms with Crippen molar-refractivity contribution >= 4 is 182 Å². The van der Waals surface area contributed by atoms with Crippen LogP contribution in [0.4, 0.5) is 11.4 Å². The Morgan fingerprint density at radius 2 is 0.768 bits per heavy atom. The van der Waals surface area contributed by atoms with Crippen LogP contribution >= 0.6 is 136 Å². The van der Waals surface area contributed by atoms with Crippen molar-refractivity contribution < 1.29 is 64.5 Å². The number of halogens is 6. The molecule has 0 aliphatic rings. The average Bonchev–Trinajstić information content (AvgIpc) is 3.15. The van der Waals surface area contributed by atoms with E-state index < -0.39 is 94.3 Å². The molecule has 0 radical (unpaired) electrons. The molecule has 0 aliphatic heterocycles. The van der Waals surface area contributed by atoms with Crippen LogP contribution in [0.1, 0.15) is 41.4 Å². The monoisotopic (exact) mass is 1460 g/mol. The Balaban J connectivity index is 2.47. The number of anilines is 2. The lowest BCUT2D eigenvalue weighted by Gasteiger charge is -2.25. The topological polar surface area (TPSA) is 299 Å². The van der Waals surface area contributed by atoms with Gasteiger partial charge in [-0.1, -0.05) is 0 Å². The first-order valence-electron chi connectivity index (χ1n) is 16.0. The first-order chi connectivity index (χ1) is 26.5. The van der Waals surface area contributed by atoms with E-state index in [1.165, 1.54) is 0 Å². The molecule has 56 heavy (non-hydrogen) atoms. The fourth-order valence-electron chi connectivity index (χ4n) is 4.78. The van der Waals surface area contributed by atoms with E-state index in [1.54, 1.807) is 90.4 Å². The predicted molar refractivity (Wildman–Crippen MR) is 251 cm³/mol.